The number of nitrogens with zero attached hydrogens (tertiary/aromatic N) is 3. The minimum atomic E-state index is -0.0651. The molecule has 2 rings (SSSR count). The Balaban J connectivity index is 2.02. The molecule has 3 atom stereocenters. The van der Waals surface area contributed by atoms with E-state index in [-0.39, 0.29) is 12.0 Å². The Hall–Kier alpha value is -0.980. The lowest BCUT2D eigenvalue weighted by molar-refractivity contribution is -0.0350. The highest BCUT2D eigenvalue weighted by atomic mass is 16.5. The maximum atomic E-state index is 5.80. The van der Waals surface area contributed by atoms with Crippen LogP contribution in [0.5, 0.6) is 0 Å². The molecular weight excluding hydrogens is 268 g/mol. The van der Waals surface area contributed by atoms with Crippen molar-refractivity contribution >= 4 is 0 Å². The van der Waals surface area contributed by atoms with Crippen LogP contribution in [0.25, 0.3) is 0 Å². The van der Waals surface area contributed by atoms with Crippen LogP contribution in [-0.4, -0.2) is 54.4 Å². The minimum Gasteiger partial charge on any atom is -0.367 e. The van der Waals surface area contributed by atoms with Crippen molar-refractivity contribution in [1.82, 2.24) is 20.4 Å². The summed E-state index contributed by atoms with van der Waals surface area (Å²) >= 11 is 0. The number of morpholine rings is 1. The minimum absolute atomic E-state index is 0.0651. The smallest absolute Gasteiger partial charge is 0.231 e. The summed E-state index contributed by atoms with van der Waals surface area (Å²) in [5, 5.41) is 7.44. The molecule has 1 N–H and O–H groups in total. The fraction of sp³-hybridized carbons (Fsp3) is 0.867. The van der Waals surface area contributed by atoms with Gasteiger partial charge in [-0.3, -0.25) is 4.90 Å². The zero-order chi connectivity index (χ0) is 15.2. The van der Waals surface area contributed by atoms with E-state index in [1.807, 2.05) is 7.05 Å². The summed E-state index contributed by atoms with van der Waals surface area (Å²) in [5.74, 6) is 1.59. The average molecular weight is 296 g/mol. The van der Waals surface area contributed by atoms with E-state index in [4.69, 9.17) is 9.26 Å². The van der Waals surface area contributed by atoms with Crippen LogP contribution >= 0.6 is 0 Å². The molecular formula is C15H28N4O2. The van der Waals surface area contributed by atoms with Gasteiger partial charge in [-0.1, -0.05) is 25.9 Å². The van der Waals surface area contributed by atoms with E-state index < -0.39 is 0 Å². The highest BCUT2D eigenvalue weighted by molar-refractivity contribution is 5.00. The van der Waals surface area contributed by atoms with Crippen LogP contribution in [0.3, 0.4) is 0 Å². The third kappa shape index (κ3) is 4.02. The van der Waals surface area contributed by atoms with Gasteiger partial charge in [-0.15, -0.1) is 0 Å². The van der Waals surface area contributed by atoms with Crippen LogP contribution in [0.2, 0.25) is 0 Å². The van der Waals surface area contributed by atoms with Crippen LogP contribution in [0.15, 0.2) is 4.52 Å². The van der Waals surface area contributed by atoms with Crippen molar-refractivity contribution in [2.45, 2.75) is 51.7 Å². The molecule has 0 amide bonds. The molecule has 1 saturated heterocycles. The van der Waals surface area contributed by atoms with Crippen molar-refractivity contribution in [3.63, 3.8) is 0 Å². The van der Waals surface area contributed by atoms with E-state index in [0.29, 0.717) is 17.8 Å². The zero-order valence-corrected chi connectivity index (χ0v) is 13.6. The van der Waals surface area contributed by atoms with Gasteiger partial charge in [-0.2, -0.15) is 4.98 Å². The fourth-order valence-electron chi connectivity index (χ4n) is 2.92. The van der Waals surface area contributed by atoms with Gasteiger partial charge in [0.25, 0.3) is 0 Å². The van der Waals surface area contributed by atoms with Crippen LogP contribution in [-0.2, 0) is 4.74 Å². The summed E-state index contributed by atoms with van der Waals surface area (Å²) in [5.41, 5.74) is 0. The highest BCUT2D eigenvalue weighted by Gasteiger charge is 2.28. The van der Waals surface area contributed by atoms with Crippen molar-refractivity contribution in [3.8, 4) is 0 Å². The van der Waals surface area contributed by atoms with Gasteiger partial charge < -0.3 is 14.6 Å². The molecule has 21 heavy (non-hydrogen) atoms. The van der Waals surface area contributed by atoms with Gasteiger partial charge in [-0.25, -0.2) is 0 Å². The lowest BCUT2D eigenvalue weighted by Gasteiger charge is -2.30. The van der Waals surface area contributed by atoms with E-state index in [2.05, 4.69) is 41.1 Å². The number of hydrogen-bond donors (Lipinski definition) is 1. The number of likely N-dealkylation sites (N-methyl/N-ethyl adjacent to an activating group) is 1. The van der Waals surface area contributed by atoms with E-state index >= 15 is 0 Å². The fourth-order valence-corrected chi connectivity index (χ4v) is 2.92. The molecule has 1 fully saturated rings. The molecule has 1 aromatic rings. The SMILES string of the molecule is CCCN1CCOC(c2noc(C(C)C(CC)NC)n2)C1. The Morgan fingerprint density at radius 1 is 1.43 bits per heavy atom. The van der Waals surface area contributed by atoms with E-state index in [0.717, 1.165) is 39.1 Å². The maximum absolute atomic E-state index is 5.80. The first-order valence-corrected chi connectivity index (χ1v) is 8.04. The first-order chi connectivity index (χ1) is 10.2. The molecule has 0 radical (unpaired) electrons. The number of hydrogen-bond acceptors (Lipinski definition) is 6. The highest BCUT2D eigenvalue weighted by Crippen LogP contribution is 2.24. The number of aromatic nitrogens is 2. The monoisotopic (exact) mass is 296 g/mol. The summed E-state index contributed by atoms with van der Waals surface area (Å²) in [6.45, 7) is 10.1. The van der Waals surface area contributed by atoms with Crippen molar-refractivity contribution in [2.75, 3.05) is 33.3 Å². The molecule has 2 heterocycles. The van der Waals surface area contributed by atoms with Crippen LogP contribution in [0.1, 0.15) is 57.3 Å². The normalized spacial score (nSPS) is 23.1. The summed E-state index contributed by atoms with van der Waals surface area (Å²) in [6.07, 6.45) is 2.12. The first kappa shape index (κ1) is 16.4. The molecule has 1 aromatic heterocycles. The number of nitrogens with one attached hydrogen (secondary N) is 1. The molecule has 0 saturated carbocycles. The molecule has 6 heteroatoms. The molecule has 0 aromatic carbocycles. The second-order valence-electron chi connectivity index (χ2n) is 5.74. The van der Waals surface area contributed by atoms with Gasteiger partial charge >= 0.3 is 0 Å². The molecule has 1 aliphatic heterocycles. The first-order valence-electron chi connectivity index (χ1n) is 8.04. The Labute approximate surface area is 127 Å². The zero-order valence-electron chi connectivity index (χ0n) is 13.6. The van der Waals surface area contributed by atoms with Gasteiger partial charge in [-0.05, 0) is 26.4 Å². The van der Waals surface area contributed by atoms with Crippen LogP contribution in [0, 0.1) is 0 Å². The van der Waals surface area contributed by atoms with Crippen molar-refractivity contribution < 1.29 is 9.26 Å². The lowest BCUT2D eigenvalue weighted by atomic mass is 10.00. The van der Waals surface area contributed by atoms with Gasteiger partial charge in [0, 0.05) is 19.1 Å². The molecule has 0 aliphatic carbocycles. The third-order valence-corrected chi connectivity index (χ3v) is 4.24. The van der Waals surface area contributed by atoms with Crippen molar-refractivity contribution in [2.24, 2.45) is 0 Å². The Kier molecular flexibility index (Phi) is 6.14. The number of ether oxygens (including phenoxy) is 1. The van der Waals surface area contributed by atoms with Crippen molar-refractivity contribution in [3.05, 3.63) is 11.7 Å². The third-order valence-electron chi connectivity index (χ3n) is 4.24. The van der Waals surface area contributed by atoms with Gasteiger partial charge in [0.05, 0.1) is 12.5 Å². The van der Waals surface area contributed by atoms with Gasteiger partial charge in [0.15, 0.2) is 0 Å². The topological polar surface area (TPSA) is 63.4 Å². The molecule has 3 unspecified atom stereocenters. The lowest BCUT2D eigenvalue weighted by Crippen LogP contribution is -2.39. The molecule has 120 valence electrons. The van der Waals surface area contributed by atoms with Crippen LogP contribution in [0.4, 0.5) is 0 Å². The quantitative estimate of drug-likeness (QED) is 0.830. The molecule has 0 spiro atoms. The van der Waals surface area contributed by atoms with E-state index in [1.165, 1.54) is 0 Å². The van der Waals surface area contributed by atoms with E-state index in [9.17, 15) is 0 Å². The Morgan fingerprint density at radius 3 is 2.90 bits per heavy atom. The second-order valence-corrected chi connectivity index (χ2v) is 5.74. The summed E-state index contributed by atoms with van der Waals surface area (Å²) in [6, 6.07) is 0.349. The standard InChI is InChI=1S/C15H28N4O2/c1-5-7-19-8-9-20-13(10-19)14-17-15(21-18-14)11(3)12(6-2)16-4/h11-13,16H,5-10H2,1-4H3. The predicted molar refractivity (Wildman–Crippen MR) is 81.3 cm³/mol. The average Bonchev–Trinajstić information content (AvgIpc) is 2.99. The van der Waals surface area contributed by atoms with Crippen LogP contribution < -0.4 is 5.32 Å². The summed E-state index contributed by atoms with van der Waals surface area (Å²) in [4.78, 5) is 6.97. The molecule has 6 nitrogen and oxygen atoms in total. The maximum Gasteiger partial charge on any atom is 0.231 e. The number of rotatable bonds is 7. The largest absolute Gasteiger partial charge is 0.367 e. The Morgan fingerprint density at radius 2 is 2.24 bits per heavy atom. The Bertz CT molecular complexity index is 418. The van der Waals surface area contributed by atoms with Gasteiger partial charge in [0.2, 0.25) is 11.7 Å². The summed E-state index contributed by atoms with van der Waals surface area (Å²) < 4.78 is 11.3. The van der Waals surface area contributed by atoms with Gasteiger partial charge in [0.1, 0.15) is 6.10 Å². The molecule has 1 aliphatic rings. The van der Waals surface area contributed by atoms with Crippen molar-refractivity contribution in [1.29, 1.82) is 0 Å². The molecule has 0 bridgehead atoms. The second kappa shape index (κ2) is 7.87. The predicted octanol–water partition coefficient (Wildman–Crippen LogP) is 1.95. The summed E-state index contributed by atoms with van der Waals surface area (Å²) in [7, 11) is 1.97. The van der Waals surface area contributed by atoms with E-state index in [1.54, 1.807) is 0 Å².